The third-order valence-corrected chi connectivity index (χ3v) is 3.95. The molecule has 0 radical (unpaired) electrons. The maximum atomic E-state index is 11.8. The van der Waals surface area contributed by atoms with Crippen molar-refractivity contribution in [3.8, 4) is 0 Å². The monoisotopic (exact) mass is 284 g/mol. The van der Waals surface area contributed by atoms with E-state index in [4.69, 9.17) is 4.74 Å². The van der Waals surface area contributed by atoms with Gasteiger partial charge in [0, 0.05) is 25.7 Å². The molecule has 0 bridgehead atoms. The Kier molecular flexibility index (Phi) is 9.67. The van der Waals surface area contributed by atoms with Crippen LogP contribution < -0.4 is 10.6 Å². The van der Waals surface area contributed by atoms with Crippen molar-refractivity contribution in [2.24, 2.45) is 0 Å². The van der Waals surface area contributed by atoms with Crippen LogP contribution in [0.1, 0.15) is 65.2 Å². The number of nitrogens with one attached hydrogen (secondary N) is 2. The molecule has 118 valence electrons. The number of hydrogen-bond acceptors (Lipinski definition) is 3. The van der Waals surface area contributed by atoms with Crippen LogP contribution in [-0.2, 0) is 9.53 Å². The minimum absolute atomic E-state index is 0.00349. The normalized spacial score (nSPS) is 18.5. The highest BCUT2D eigenvalue weighted by Gasteiger charge is 2.13. The van der Waals surface area contributed by atoms with Crippen molar-refractivity contribution in [2.45, 2.75) is 77.4 Å². The van der Waals surface area contributed by atoms with E-state index in [0.29, 0.717) is 19.2 Å². The molecule has 1 aliphatic carbocycles. The minimum Gasteiger partial charge on any atom is -0.369 e. The van der Waals surface area contributed by atoms with Gasteiger partial charge in [-0.1, -0.05) is 39.0 Å². The molecule has 1 atom stereocenters. The van der Waals surface area contributed by atoms with Gasteiger partial charge in [-0.25, -0.2) is 0 Å². The molecule has 2 N–H and O–H groups in total. The first-order chi connectivity index (χ1) is 9.74. The van der Waals surface area contributed by atoms with Crippen molar-refractivity contribution >= 4 is 5.91 Å². The van der Waals surface area contributed by atoms with Gasteiger partial charge >= 0.3 is 0 Å². The predicted octanol–water partition coefficient (Wildman–Crippen LogP) is 2.62. The van der Waals surface area contributed by atoms with E-state index in [0.717, 1.165) is 19.4 Å². The van der Waals surface area contributed by atoms with Gasteiger partial charge in [0.1, 0.15) is 6.10 Å². The number of rotatable bonds is 9. The van der Waals surface area contributed by atoms with Gasteiger partial charge in [-0.3, -0.25) is 4.79 Å². The summed E-state index contributed by atoms with van der Waals surface area (Å²) in [6, 6.07) is 0.646. The Labute approximate surface area is 124 Å². The molecule has 0 aromatic carbocycles. The summed E-state index contributed by atoms with van der Waals surface area (Å²) in [7, 11) is 0. The van der Waals surface area contributed by atoms with Gasteiger partial charge < -0.3 is 15.4 Å². The van der Waals surface area contributed by atoms with Gasteiger partial charge in [-0.2, -0.15) is 0 Å². The lowest BCUT2D eigenvalue weighted by atomic mass is 10.1. The molecule has 1 fully saturated rings. The van der Waals surface area contributed by atoms with Crippen molar-refractivity contribution in [3.63, 3.8) is 0 Å². The number of carbonyl (C=O) groups is 1. The molecule has 1 aliphatic rings. The van der Waals surface area contributed by atoms with Crippen LogP contribution in [0, 0.1) is 0 Å². The maximum absolute atomic E-state index is 11.8. The van der Waals surface area contributed by atoms with Crippen LogP contribution in [0.15, 0.2) is 0 Å². The SMILES string of the molecule is CCCCOC(C)C(=O)NCCNC1CCCCCC1. The average molecular weight is 284 g/mol. The second-order valence-electron chi connectivity index (χ2n) is 5.80. The van der Waals surface area contributed by atoms with Crippen LogP contribution in [-0.4, -0.2) is 37.7 Å². The number of hydrogen-bond donors (Lipinski definition) is 2. The number of ether oxygens (including phenoxy) is 1. The Morgan fingerprint density at radius 1 is 1.20 bits per heavy atom. The molecule has 0 saturated heterocycles. The highest BCUT2D eigenvalue weighted by molar-refractivity contribution is 5.80. The van der Waals surface area contributed by atoms with Gasteiger partial charge in [0.2, 0.25) is 5.91 Å². The lowest BCUT2D eigenvalue weighted by molar-refractivity contribution is -0.131. The van der Waals surface area contributed by atoms with Crippen LogP contribution >= 0.6 is 0 Å². The minimum atomic E-state index is -0.334. The quantitative estimate of drug-likeness (QED) is 0.505. The van der Waals surface area contributed by atoms with Gasteiger partial charge in [-0.05, 0) is 26.2 Å². The first-order valence-electron chi connectivity index (χ1n) is 8.36. The zero-order chi connectivity index (χ0) is 14.6. The van der Waals surface area contributed by atoms with E-state index in [2.05, 4.69) is 17.6 Å². The Bertz CT molecular complexity index is 251. The van der Waals surface area contributed by atoms with E-state index < -0.39 is 0 Å². The molecule has 0 aromatic heterocycles. The fourth-order valence-corrected chi connectivity index (χ4v) is 2.57. The van der Waals surface area contributed by atoms with Crippen LogP contribution in [0.3, 0.4) is 0 Å². The molecule has 4 heteroatoms. The van der Waals surface area contributed by atoms with Crippen LogP contribution in [0.25, 0.3) is 0 Å². The molecule has 1 amide bonds. The molecule has 20 heavy (non-hydrogen) atoms. The van der Waals surface area contributed by atoms with Crippen molar-refractivity contribution in [3.05, 3.63) is 0 Å². The molecule has 0 heterocycles. The van der Waals surface area contributed by atoms with Crippen molar-refractivity contribution < 1.29 is 9.53 Å². The third-order valence-electron chi connectivity index (χ3n) is 3.95. The molecule has 0 aliphatic heterocycles. The number of amides is 1. The van der Waals surface area contributed by atoms with Crippen LogP contribution in [0.2, 0.25) is 0 Å². The Morgan fingerprint density at radius 3 is 2.55 bits per heavy atom. The van der Waals surface area contributed by atoms with Crippen molar-refractivity contribution in [1.29, 1.82) is 0 Å². The highest BCUT2D eigenvalue weighted by atomic mass is 16.5. The first-order valence-corrected chi connectivity index (χ1v) is 8.36. The predicted molar refractivity (Wildman–Crippen MR) is 82.8 cm³/mol. The van der Waals surface area contributed by atoms with E-state index in [1.807, 2.05) is 6.92 Å². The van der Waals surface area contributed by atoms with Crippen molar-refractivity contribution in [1.82, 2.24) is 10.6 Å². The summed E-state index contributed by atoms with van der Waals surface area (Å²) in [5.74, 6) is 0.00349. The molecule has 0 spiro atoms. The standard InChI is InChI=1S/C16H32N2O2/c1-3-4-13-20-14(2)16(19)18-12-11-17-15-9-7-5-6-8-10-15/h14-15,17H,3-13H2,1-2H3,(H,18,19). The van der Waals surface area contributed by atoms with Crippen LogP contribution in [0.5, 0.6) is 0 Å². The maximum Gasteiger partial charge on any atom is 0.248 e. The summed E-state index contributed by atoms with van der Waals surface area (Å²) >= 11 is 0. The van der Waals surface area contributed by atoms with Crippen LogP contribution in [0.4, 0.5) is 0 Å². The van der Waals surface area contributed by atoms with Crippen molar-refractivity contribution in [2.75, 3.05) is 19.7 Å². The average Bonchev–Trinajstić information content (AvgIpc) is 2.72. The second-order valence-corrected chi connectivity index (χ2v) is 5.80. The number of carbonyl (C=O) groups excluding carboxylic acids is 1. The molecule has 4 nitrogen and oxygen atoms in total. The van der Waals surface area contributed by atoms with E-state index in [1.54, 1.807) is 0 Å². The molecule has 0 aromatic rings. The second kappa shape index (κ2) is 11.1. The van der Waals surface area contributed by atoms with E-state index in [-0.39, 0.29) is 12.0 Å². The summed E-state index contributed by atoms with van der Waals surface area (Å²) in [6.45, 7) is 6.16. The zero-order valence-corrected chi connectivity index (χ0v) is 13.2. The summed E-state index contributed by atoms with van der Waals surface area (Å²) in [5.41, 5.74) is 0. The largest absolute Gasteiger partial charge is 0.369 e. The summed E-state index contributed by atoms with van der Waals surface area (Å²) < 4.78 is 5.48. The lowest BCUT2D eigenvalue weighted by Crippen LogP contribution is -2.40. The van der Waals surface area contributed by atoms with Gasteiger partial charge in [0.15, 0.2) is 0 Å². The zero-order valence-electron chi connectivity index (χ0n) is 13.2. The Morgan fingerprint density at radius 2 is 1.90 bits per heavy atom. The molecular weight excluding hydrogens is 252 g/mol. The lowest BCUT2D eigenvalue weighted by Gasteiger charge is -2.17. The molecular formula is C16H32N2O2. The van der Waals surface area contributed by atoms with E-state index in [1.165, 1.54) is 38.5 Å². The van der Waals surface area contributed by atoms with Gasteiger partial charge in [-0.15, -0.1) is 0 Å². The fraction of sp³-hybridized carbons (Fsp3) is 0.938. The van der Waals surface area contributed by atoms with Gasteiger partial charge in [0.05, 0.1) is 0 Å². The molecule has 1 unspecified atom stereocenters. The molecule has 1 rings (SSSR count). The first kappa shape index (κ1) is 17.4. The Hall–Kier alpha value is -0.610. The smallest absolute Gasteiger partial charge is 0.248 e. The highest BCUT2D eigenvalue weighted by Crippen LogP contribution is 2.16. The molecule has 1 saturated carbocycles. The van der Waals surface area contributed by atoms with E-state index >= 15 is 0 Å². The summed E-state index contributed by atoms with van der Waals surface area (Å²) in [4.78, 5) is 11.8. The Balaban J connectivity index is 2.02. The van der Waals surface area contributed by atoms with Gasteiger partial charge in [0.25, 0.3) is 0 Å². The summed E-state index contributed by atoms with van der Waals surface area (Å²) in [5, 5.41) is 6.49. The summed E-state index contributed by atoms with van der Waals surface area (Å²) in [6.07, 6.45) is 9.77. The number of unbranched alkanes of at least 4 members (excludes halogenated alkanes) is 1. The third kappa shape index (κ3) is 7.85. The van der Waals surface area contributed by atoms with E-state index in [9.17, 15) is 4.79 Å². The topological polar surface area (TPSA) is 50.4 Å². The fourth-order valence-electron chi connectivity index (χ4n) is 2.57.